The van der Waals surface area contributed by atoms with Crippen LogP contribution in [0, 0.1) is 5.41 Å². The first kappa shape index (κ1) is 24.3. The lowest BCUT2D eigenvalue weighted by Gasteiger charge is -2.50. The third kappa shape index (κ3) is 5.25. The van der Waals surface area contributed by atoms with E-state index in [0.717, 1.165) is 40.9 Å². The van der Waals surface area contributed by atoms with Crippen LogP contribution in [-0.2, 0) is 22.7 Å². The van der Waals surface area contributed by atoms with E-state index in [0.29, 0.717) is 24.2 Å². The van der Waals surface area contributed by atoms with E-state index in [4.69, 9.17) is 15.2 Å². The largest absolute Gasteiger partial charge is 0.488 e. The Kier molecular flexibility index (Phi) is 7.25. The summed E-state index contributed by atoms with van der Waals surface area (Å²) in [7, 11) is 0. The van der Waals surface area contributed by atoms with Crippen molar-refractivity contribution in [3.8, 4) is 16.9 Å². The molecule has 0 bridgehead atoms. The Hall–Kier alpha value is -3.35. The Labute approximate surface area is 212 Å². The summed E-state index contributed by atoms with van der Waals surface area (Å²) < 4.78 is 11.2. The molecule has 36 heavy (non-hydrogen) atoms. The molecule has 0 unspecified atom stereocenters. The fourth-order valence-corrected chi connectivity index (χ4v) is 5.60. The molecule has 1 spiro atoms. The molecule has 2 fully saturated rings. The number of anilines is 1. The van der Waals surface area contributed by atoms with Gasteiger partial charge in [0.25, 0.3) is 6.47 Å². The van der Waals surface area contributed by atoms with Crippen LogP contribution in [0.1, 0.15) is 48.4 Å². The molecule has 1 atom stereocenters. The van der Waals surface area contributed by atoms with Crippen LogP contribution in [0.5, 0.6) is 5.75 Å². The van der Waals surface area contributed by atoms with Gasteiger partial charge in [-0.25, -0.2) is 0 Å². The van der Waals surface area contributed by atoms with Crippen molar-refractivity contribution in [2.45, 2.75) is 44.9 Å². The van der Waals surface area contributed by atoms with Gasteiger partial charge in [0, 0.05) is 29.8 Å². The normalized spacial score (nSPS) is 17.0. The molecule has 1 saturated carbocycles. The summed E-state index contributed by atoms with van der Waals surface area (Å²) in [5.41, 5.74) is 12.8. The maximum atomic E-state index is 10.7. The van der Waals surface area contributed by atoms with E-state index in [1.807, 2.05) is 36.4 Å². The van der Waals surface area contributed by atoms with E-state index >= 15 is 0 Å². The molecule has 1 heterocycles. The van der Waals surface area contributed by atoms with Crippen molar-refractivity contribution >= 4 is 12.2 Å². The minimum absolute atomic E-state index is 0.0916. The second kappa shape index (κ2) is 10.7. The van der Waals surface area contributed by atoms with Gasteiger partial charge in [0.05, 0.1) is 12.6 Å². The maximum absolute atomic E-state index is 10.7. The van der Waals surface area contributed by atoms with Crippen molar-refractivity contribution < 1.29 is 19.4 Å². The monoisotopic (exact) mass is 486 g/mol. The number of para-hydroxylation sites is 1. The van der Waals surface area contributed by atoms with Gasteiger partial charge >= 0.3 is 0 Å². The Bertz CT molecular complexity index is 1200. The van der Waals surface area contributed by atoms with Crippen LogP contribution < -0.4 is 15.4 Å². The van der Waals surface area contributed by atoms with Gasteiger partial charge in [0.15, 0.2) is 0 Å². The molecule has 0 amide bonds. The van der Waals surface area contributed by atoms with Crippen LogP contribution in [0.3, 0.4) is 0 Å². The highest BCUT2D eigenvalue weighted by atomic mass is 16.5. The number of carbonyl (C=O) groups is 1. The molecule has 3 N–H and O–H groups in total. The summed E-state index contributed by atoms with van der Waals surface area (Å²) in [4.78, 5) is 13.1. The third-order valence-corrected chi connectivity index (χ3v) is 7.58. The quantitative estimate of drug-likeness (QED) is 0.393. The first-order valence-electron chi connectivity index (χ1n) is 12.7. The number of nitrogens with zero attached hydrogens (tertiary/aromatic N) is 1. The van der Waals surface area contributed by atoms with Crippen LogP contribution in [0.15, 0.2) is 66.7 Å². The molecule has 188 valence electrons. The standard InChI is InChI=1S/C30H34N2O4/c31-28(16-33)24-8-5-7-23(14-24)26-12-22(17-36-29-9-2-1-6-25(29)18-35-21-34)13-27(15-26)32-19-30(20-32)10-3-4-11-30/h1-2,5-9,12-15,21,28,33H,3-4,10-11,16-20,31H2/t28-/m1/s1. The van der Waals surface area contributed by atoms with Crippen molar-refractivity contribution in [3.63, 3.8) is 0 Å². The molecular weight excluding hydrogens is 452 g/mol. The SMILES string of the molecule is N[C@H](CO)c1cccc(-c2cc(COc3ccccc3COC=O)cc(N3CC4(CCCC4)C3)c2)c1. The molecule has 0 aromatic heterocycles. The zero-order valence-electron chi connectivity index (χ0n) is 20.6. The second-order valence-electron chi connectivity index (χ2n) is 10.2. The van der Waals surface area contributed by atoms with E-state index in [1.54, 1.807) is 0 Å². The van der Waals surface area contributed by atoms with E-state index in [-0.39, 0.29) is 13.2 Å². The Morgan fingerprint density at radius 2 is 1.78 bits per heavy atom. The van der Waals surface area contributed by atoms with Crippen molar-refractivity contribution in [1.82, 2.24) is 0 Å². The number of hydrogen-bond donors (Lipinski definition) is 2. The van der Waals surface area contributed by atoms with E-state index in [9.17, 15) is 9.90 Å². The number of ether oxygens (including phenoxy) is 2. The van der Waals surface area contributed by atoms with Gasteiger partial charge in [-0.05, 0) is 65.4 Å². The van der Waals surface area contributed by atoms with Crippen LogP contribution in [0.2, 0.25) is 0 Å². The van der Waals surface area contributed by atoms with Gasteiger partial charge in [-0.1, -0.05) is 49.2 Å². The summed E-state index contributed by atoms with van der Waals surface area (Å²) in [6.07, 6.45) is 5.36. The lowest BCUT2D eigenvalue weighted by atomic mass is 9.78. The molecule has 6 nitrogen and oxygen atoms in total. The lowest BCUT2D eigenvalue weighted by molar-refractivity contribution is -0.129. The van der Waals surface area contributed by atoms with Gasteiger partial charge in [-0.3, -0.25) is 4.79 Å². The lowest BCUT2D eigenvalue weighted by Crippen LogP contribution is -2.55. The van der Waals surface area contributed by atoms with Crippen LogP contribution in [0.25, 0.3) is 11.1 Å². The van der Waals surface area contributed by atoms with Gasteiger partial charge < -0.3 is 25.2 Å². The van der Waals surface area contributed by atoms with E-state index in [1.165, 1.54) is 31.4 Å². The van der Waals surface area contributed by atoms with Gasteiger partial charge in [0.1, 0.15) is 19.0 Å². The third-order valence-electron chi connectivity index (χ3n) is 7.58. The Morgan fingerprint density at radius 1 is 0.972 bits per heavy atom. The fraction of sp³-hybridized carbons (Fsp3) is 0.367. The topological polar surface area (TPSA) is 85.0 Å². The van der Waals surface area contributed by atoms with Crippen molar-refractivity contribution in [2.75, 3.05) is 24.6 Å². The zero-order valence-corrected chi connectivity index (χ0v) is 20.6. The highest BCUT2D eigenvalue weighted by Gasteiger charge is 2.44. The van der Waals surface area contributed by atoms with E-state index in [2.05, 4.69) is 35.2 Å². The number of rotatable bonds is 10. The number of benzene rings is 3. The minimum atomic E-state index is -0.404. The number of aliphatic hydroxyl groups is 1. The molecule has 1 aliphatic carbocycles. The number of nitrogens with two attached hydrogens (primary N) is 1. The average molecular weight is 487 g/mol. The molecule has 0 radical (unpaired) electrons. The van der Waals surface area contributed by atoms with Gasteiger partial charge in [-0.15, -0.1) is 0 Å². The van der Waals surface area contributed by atoms with Gasteiger partial charge in [0.2, 0.25) is 0 Å². The molecule has 6 heteroatoms. The van der Waals surface area contributed by atoms with Gasteiger partial charge in [-0.2, -0.15) is 0 Å². The summed E-state index contributed by atoms with van der Waals surface area (Å²) in [6.45, 7) is 3.15. The molecule has 1 aliphatic heterocycles. The van der Waals surface area contributed by atoms with Crippen molar-refractivity contribution in [2.24, 2.45) is 11.1 Å². The smallest absolute Gasteiger partial charge is 0.293 e. The Balaban J connectivity index is 1.42. The predicted molar refractivity (Wildman–Crippen MR) is 141 cm³/mol. The summed E-state index contributed by atoms with van der Waals surface area (Å²) >= 11 is 0. The average Bonchev–Trinajstić information content (AvgIpc) is 3.40. The van der Waals surface area contributed by atoms with Crippen LogP contribution in [0.4, 0.5) is 5.69 Å². The molecule has 3 aromatic rings. The first-order valence-corrected chi connectivity index (χ1v) is 12.7. The molecule has 2 aliphatic rings. The highest BCUT2D eigenvalue weighted by Crippen LogP contribution is 2.47. The number of hydrogen-bond acceptors (Lipinski definition) is 6. The van der Waals surface area contributed by atoms with E-state index < -0.39 is 6.04 Å². The number of carbonyl (C=O) groups excluding carboxylic acids is 1. The van der Waals surface area contributed by atoms with Crippen LogP contribution >= 0.6 is 0 Å². The predicted octanol–water partition coefficient (Wildman–Crippen LogP) is 4.98. The highest BCUT2D eigenvalue weighted by molar-refractivity contribution is 5.71. The summed E-state index contributed by atoms with van der Waals surface area (Å²) in [5, 5.41) is 9.53. The first-order chi connectivity index (χ1) is 17.6. The second-order valence-corrected chi connectivity index (χ2v) is 10.2. The minimum Gasteiger partial charge on any atom is -0.488 e. The molecule has 5 rings (SSSR count). The van der Waals surface area contributed by atoms with Crippen molar-refractivity contribution in [3.05, 3.63) is 83.4 Å². The van der Waals surface area contributed by atoms with Crippen LogP contribution in [-0.4, -0.2) is 31.3 Å². The maximum Gasteiger partial charge on any atom is 0.293 e. The zero-order chi connectivity index (χ0) is 25.0. The number of aliphatic hydroxyl groups excluding tert-OH is 1. The molecular formula is C30H34N2O4. The molecule has 1 saturated heterocycles. The molecule has 3 aromatic carbocycles. The summed E-state index contributed by atoms with van der Waals surface area (Å²) in [5.74, 6) is 0.705. The summed E-state index contributed by atoms with van der Waals surface area (Å²) in [6, 6.07) is 21.9. The Morgan fingerprint density at radius 3 is 2.56 bits per heavy atom. The fourth-order valence-electron chi connectivity index (χ4n) is 5.60. The van der Waals surface area contributed by atoms with Crippen molar-refractivity contribution in [1.29, 1.82) is 0 Å².